The van der Waals surface area contributed by atoms with Crippen LogP contribution in [0.1, 0.15) is 16.7 Å². The van der Waals surface area contributed by atoms with Crippen LogP contribution in [0.2, 0.25) is 5.02 Å². The zero-order valence-electron chi connectivity index (χ0n) is 23.2. The molecule has 0 spiro atoms. The van der Waals surface area contributed by atoms with Gasteiger partial charge in [-0.1, -0.05) is 71.8 Å². The number of rotatable bonds is 11. The predicted molar refractivity (Wildman–Crippen MR) is 162 cm³/mol. The van der Waals surface area contributed by atoms with Crippen molar-refractivity contribution in [2.75, 3.05) is 17.9 Å². The third-order valence-corrected chi connectivity index (χ3v) is 8.79. The highest BCUT2D eigenvalue weighted by Gasteiger charge is 2.34. The number of benzene rings is 4. The molecule has 218 valence electrons. The van der Waals surface area contributed by atoms with E-state index in [-0.39, 0.29) is 23.5 Å². The average Bonchev–Trinajstić information content (AvgIpc) is 2.98. The first-order valence-corrected chi connectivity index (χ1v) is 15.0. The number of hydrogen-bond donors (Lipinski definition) is 1. The van der Waals surface area contributed by atoms with Crippen LogP contribution in [0.5, 0.6) is 0 Å². The van der Waals surface area contributed by atoms with Gasteiger partial charge in [-0.3, -0.25) is 13.9 Å². The summed E-state index contributed by atoms with van der Waals surface area (Å²) in [5, 5.41) is 3.09. The van der Waals surface area contributed by atoms with Gasteiger partial charge in [0.2, 0.25) is 11.8 Å². The molecule has 0 heterocycles. The van der Waals surface area contributed by atoms with Crippen molar-refractivity contribution >= 4 is 39.1 Å². The molecule has 0 bridgehead atoms. The molecule has 42 heavy (non-hydrogen) atoms. The molecule has 0 aliphatic heterocycles. The fourth-order valence-electron chi connectivity index (χ4n) is 4.53. The maximum atomic E-state index is 14.2. The molecule has 0 aliphatic carbocycles. The van der Waals surface area contributed by atoms with Gasteiger partial charge in [0.25, 0.3) is 10.0 Å². The summed E-state index contributed by atoms with van der Waals surface area (Å²) in [5.41, 5.74) is 2.44. The smallest absolute Gasteiger partial charge is 0.264 e. The van der Waals surface area contributed by atoms with Crippen LogP contribution in [-0.4, -0.2) is 44.8 Å². The highest BCUT2D eigenvalue weighted by molar-refractivity contribution is 7.92. The second kappa shape index (κ2) is 13.6. The molecule has 0 aromatic heterocycles. The summed E-state index contributed by atoms with van der Waals surface area (Å²) in [6.45, 7) is 1.19. The van der Waals surface area contributed by atoms with Gasteiger partial charge in [-0.05, 0) is 66.6 Å². The van der Waals surface area contributed by atoms with Crippen LogP contribution in [0.15, 0.2) is 108 Å². The number of likely N-dealkylation sites (N-methyl/N-ethyl adjacent to an activating group) is 1. The predicted octanol–water partition coefficient (Wildman–Crippen LogP) is 5.37. The van der Waals surface area contributed by atoms with Gasteiger partial charge in [0.05, 0.1) is 10.6 Å². The number of carbonyl (C=O) groups is 2. The van der Waals surface area contributed by atoms with E-state index >= 15 is 0 Å². The van der Waals surface area contributed by atoms with Crippen LogP contribution in [0.4, 0.5) is 10.1 Å². The summed E-state index contributed by atoms with van der Waals surface area (Å²) in [4.78, 5) is 28.8. The van der Waals surface area contributed by atoms with Crippen molar-refractivity contribution in [3.05, 3.63) is 131 Å². The minimum Gasteiger partial charge on any atom is -0.357 e. The number of hydrogen-bond acceptors (Lipinski definition) is 4. The number of nitrogens with one attached hydrogen (secondary N) is 1. The van der Waals surface area contributed by atoms with Crippen molar-refractivity contribution in [2.45, 2.75) is 30.8 Å². The molecule has 1 N–H and O–H groups in total. The second-order valence-electron chi connectivity index (χ2n) is 9.77. The molecule has 1 atom stereocenters. The van der Waals surface area contributed by atoms with Crippen molar-refractivity contribution < 1.29 is 22.4 Å². The van der Waals surface area contributed by atoms with Crippen LogP contribution in [0, 0.1) is 12.7 Å². The van der Waals surface area contributed by atoms with Crippen molar-refractivity contribution in [3.63, 3.8) is 0 Å². The van der Waals surface area contributed by atoms with Gasteiger partial charge >= 0.3 is 0 Å². The molecule has 0 fully saturated rings. The van der Waals surface area contributed by atoms with Gasteiger partial charge in [0.1, 0.15) is 18.4 Å². The van der Waals surface area contributed by atoms with Crippen LogP contribution in [-0.2, 0) is 32.6 Å². The molecule has 7 nitrogen and oxygen atoms in total. The topological polar surface area (TPSA) is 86.8 Å². The summed E-state index contributed by atoms with van der Waals surface area (Å²) < 4.78 is 42.6. The highest BCUT2D eigenvalue weighted by Crippen LogP contribution is 2.26. The fraction of sp³-hybridized carbons (Fsp3) is 0.188. The molecule has 0 saturated carbocycles. The maximum Gasteiger partial charge on any atom is 0.264 e. The van der Waals surface area contributed by atoms with Gasteiger partial charge < -0.3 is 10.2 Å². The lowest BCUT2D eigenvalue weighted by Gasteiger charge is -2.33. The van der Waals surface area contributed by atoms with Crippen LogP contribution in [0.3, 0.4) is 0 Å². The zero-order valence-corrected chi connectivity index (χ0v) is 24.8. The monoisotopic (exact) mass is 607 g/mol. The van der Waals surface area contributed by atoms with Crippen molar-refractivity contribution in [1.82, 2.24) is 10.2 Å². The van der Waals surface area contributed by atoms with E-state index in [4.69, 9.17) is 11.6 Å². The number of anilines is 1. The number of amides is 2. The number of sulfonamides is 1. The Morgan fingerprint density at radius 3 is 2.14 bits per heavy atom. The van der Waals surface area contributed by atoms with E-state index in [0.717, 1.165) is 27.6 Å². The molecular weight excluding hydrogens is 577 g/mol. The first-order chi connectivity index (χ1) is 20.1. The minimum atomic E-state index is -4.26. The minimum absolute atomic E-state index is 0.00779. The van der Waals surface area contributed by atoms with E-state index in [1.54, 1.807) is 36.4 Å². The molecule has 4 aromatic rings. The molecule has 4 rings (SSSR count). The van der Waals surface area contributed by atoms with E-state index < -0.39 is 40.2 Å². The molecular formula is C32H31ClFN3O4S. The molecule has 2 amide bonds. The first kappa shape index (κ1) is 30.7. The molecule has 0 saturated heterocycles. The molecule has 0 radical (unpaired) electrons. The van der Waals surface area contributed by atoms with Gasteiger partial charge in [-0.2, -0.15) is 0 Å². The van der Waals surface area contributed by atoms with E-state index in [2.05, 4.69) is 5.32 Å². The van der Waals surface area contributed by atoms with Gasteiger partial charge in [-0.15, -0.1) is 0 Å². The third-order valence-electron chi connectivity index (χ3n) is 6.76. The van der Waals surface area contributed by atoms with Gasteiger partial charge in [0, 0.05) is 25.0 Å². The average molecular weight is 608 g/mol. The lowest BCUT2D eigenvalue weighted by Crippen LogP contribution is -2.53. The zero-order chi connectivity index (χ0) is 30.3. The number of aryl methyl sites for hydroxylation is 1. The largest absolute Gasteiger partial charge is 0.357 e. The van der Waals surface area contributed by atoms with Crippen molar-refractivity contribution in [3.8, 4) is 0 Å². The molecule has 0 aliphatic rings. The summed E-state index contributed by atoms with van der Waals surface area (Å²) in [7, 11) is -2.78. The Morgan fingerprint density at radius 1 is 0.881 bits per heavy atom. The fourth-order valence-corrected chi connectivity index (χ4v) is 6.15. The summed E-state index contributed by atoms with van der Waals surface area (Å²) in [6.07, 6.45) is 0.189. The quantitative estimate of drug-likeness (QED) is 0.248. The lowest BCUT2D eigenvalue weighted by atomic mass is 10.0. The Labute approximate surface area is 250 Å². The Kier molecular flexibility index (Phi) is 9.98. The van der Waals surface area contributed by atoms with E-state index in [1.807, 2.05) is 37.3 Å². The Morgan fingerprint density at radius 2 is 1.52 bits per heavy atom. The van der Waals surface area contributed by atoms with Crippen molar-refractivity contribution in [2.24, 2.45) is 0 Å². The van der Waals surface area contributed by atoms with E-state index in [0.29, 0.717) is 10.6 Å². The Hall–Kier alpha value is -4.21. The van der Waals surface area contributed by atoms with Gasteiger partial charge in [0.15, 0.2) is 0 Å². The maximum absolute atomic E-state index is 14.2. The Bertz CT molecular complexity index is 1630. The van der Waals surface area contributed by atoms with Crippen LogP contribution in [0.25, 0.3) is 0 Å². The van der Waals surface area contributed by atoms with E-state index in [1.165, 1.54) is 36.2 Å². The number of halogens is 2. The lowest BCUT2D eigenvalue weighted by molar-refractivity contribution is -0.139. The van der Waals surface area contributed by atoms with Gasteiger partial charge in [-0.25, -0.2) is 12.8 Å². The Balaban J connectivity index is 1.78. The SMILES string of the molecule is CNC(=O)[C@H](Cc1ccccc1)N(Cc1cccc(Cl)c1)C(=O)CN(c1ccc(F)cc1)S(=O)(=O)c1ccc(C)cc1. The standard InChI is InChI=1S/C32H31ClFN3O4S/c1-23-11-17-29(18-12-23)42(40,41)37(28-15-13-27(34)14-16-28)22-31(38)36(21-25-9-6-10-26(33)19-25)30(32(39)35-2)20-24-7-4-3-5-8-24/h3-19,30H,20-22H2,1-2H3,(H,35,39)/t30-/m0/s1. The molecule has 4 aromatic carbocycles. The molecule has 10 heteroatoms. The van der Waals surface area contributed by atoms with Crippen molar-refractivity contribution in [1.29, 1.82) is 0 Å². The summed E-state index contributed by atoms with van der Waals surface area (Å²) in [6, 6.07) is 26.2. The number of nitrogens with zero attached hydrogens (tertiary/aromatic N) is 2. The summed E-state index contributed by atoms with van der Waals surface area (Å²) in [5.74, 6) is -1.59. The van der Waals surface area contributed by atoms with E-state index in [9.17, 15) is 22.4 Å². The number of carbonyl (C=O) groups excluding carboxylic acids is 2. The summed E-state index contributed by atoms with van der Waals surface area (Å²) >= 11 is 6.22. The first-order valence-electron chi connectivity index (χ1n) is 13.2. The van der Waals surface area contributed by atoms with Crippen LogP contribution >= 0.6 is 11.6 Å². The second-order valence-corrected chi connectivity index (χ2v) is 12.1. The highest BCUT2D eigenvalue weighted by atomic mass is 35.5. The molecule has 0 unspecified atom stereocenters. The third kappa shape index (κ3) is 7.54. The van der Waals surface area contributed by atoms with Crippen LogP contribution < -0.4 is 9.62 Å². The normalized spacial score (nSPS) is 11.9.